The molecule has 2 aromatic heterocycles. The number of pyridine rings is 1. The van der Waals surface area contributed by atoms with E-state index in [1.165, 1.54) is 37.3 Å². The highest BCUT2D eigenvalue weighted by atomic mass is 32.1. The molecule has 0 aliphatic carbocycles. The second kappa shape index (κ2) is 6.53. The molecule has 1 amide bonds. The highest BCUT2D eigenvalue weighted by molar-refractivity contribution is 7.15. The van der Waals surface area contributed by atoms with Gasteiger partial charge >= 0.3 is 0 Å². The molecule has 5 heterocycles. The minimum Gasteiger partial charge on any atom is -0.447 e. The molecule has 5 nitrogen and oxygen atoms in total. The van der Waals surface area contributed by atoms with Gasteiger partial charge in [-0.25, -0.2) is 0 Å². The van der Waals surface area contributed by atoms with Crippen molar-refractivity contribution >= 4 is 17.2 Å². The Balaban J connectivity index is 1.40. The third-order valence-electron chi connectivity index (χ3n) is 4.86. The number of thiophene rings is 1. The van der Waals surface area contributed by atoms with Crippen LogP contribution in [-0.2, 0) is 0 Å². The first-order chi connectivity index (χ1) is 11.7. The van der Waals surface area contributed by atoms with E-state index in [1.54, 1.807) is 6.20 Å². The number of ether oxygens (including phenoxy) is 1. The first-order valence-electron chi connectivity index (χ1n) is 8.41. The van der Waals surface area contributed by atoms with Crippen LogP contribution < -0.4 is 10.1 Å². The van der Waals surface area contributed by atoms with Crippen molar-refractivity contribution in [3.8, 4) is 10.8 Å². The van der Waals surface area contributed by atoms with Gasteiger partial charge in [0.1, 0.15) is 5.75 Å². The summed E-state index contributed by atoms with van der Waals surface area (Å²) < 4.78 is 5.82. The third-order valence-corrected chi connectivity index (χ3v) is 5.83. The van der Waals surface area contributed by atoms with E-state index in [2.05, 4.69) is 15.2 Å². The van der Waals surface area contributed by atoms with Gasteiger partial charge < -0.3 is 15.0 Å². The molecule has 0 unspecified atom stereocenters. The van der Waals surface area contributed by atoms with Crippen LogP contribution in [0.25, 0.3) is 0 Å². The molecule has 3 aliphatic heterocycles. The first-order valence-corrected chi connectivity index (χ1v) is 9.22. The molecule has 2 aromatic rings. The number of amides is 1. The fourth-order valence-corrected chi connectivity index (χ4v) is 4.34. The molecule has 5 rings (SSSR count). The van der Waals surface area contributed by atoms with E-state index >= 15 is 0 Å². The molecule has 2 bridgehead atoms. The van der Waals surface area contributed by atoms with Crippen LogP contribution in [0.5, 0.6) is 10.8 Å². The maximum atomic E-state index is 12.5. The van der Waals surface area contributed by atoms with Gasteiger partial charge in [0.25, 0.3) is 5.91 Å². The number of hydrogen-bond acceptors (Lipinski definition) is 5. The Morgan fingerprint density at radius 1 is 1.33 bits per heavy atom. The van der Waals surface area contributed by atoms with E-state index in [0.717, 1.165) is 23.1 Å². The molecule has 0 aromatic carbocycles. The van der Waals surface area contributed by atoms with Crippen LogP contribution in [0.3, 0.4) is 0 Å². The number of aryl methyl sites for hydroxylation is 1. The molecule has 6 heteroatoms. The van der Waals surface area contributed by atoms with Crippen molar-refractivity contribution < 1.29 is 9.53 Å². The standard InChI is InChI=1S/C18H21N3O2S/c1-12-10-14(4-7-19-12)23-17-3-2-16(24-17)18(22)20-15-11-21-8-5-13(15)6-9-21/h2-4,7,10,13,15H,5-6,8-9,11H2,1H3,(H,20,22)/t15-/m0/s1. The number of carbonyl (C=O) groups is 1. The number of piperidine rings is 3. The lowest BCUT2D eigenvalue weighted by molar-refractivity contribution is 0.0622. The van der Waals surface area contributed by atoms with Crippen molar-refractivity contribution in [1.29, 1.82) is 0 Å². The number of carbonyl (C=O) groups excluding carboxylic acids is 1. The van der Waals surface area contributed by atoms with Gasteiger partial charge in [0.2, 0.25) is 0 Å². The van der Waals surface area contributed by atoms with E-state index in [1.807, 2.05) is 31.2 Å². The van der Waals surface area contributed by atoms with Crippen molar-refractivity contribution in [2.45, 2.75) is 25.8 Å². The number of hydrogen-bond donors (Lipinski definition) is 1. The van der Waals surface area contributed by atoms with Gasteiger partial charge in [0, 0.05) is 30.5 Å². The van der Waals surface area contributed by atoms with Gasteiger partial charge in [-0.2, -0.15) is 0 Å². The number of rotatable bonds is 4. The molecular weight excluding hydrogens is 322 g/mol. The van der Waals surface area contributed by atoms with E-state index < -0.39 is 0 Å². The maximum absolute atomic E-state index is 12.5. The van der Waals surface area contributed by atoms with E-state index in [9.17, 15) is 4.79 Å². The molecule has 0 radical (unpaired) electrons. The molecule has 126 valence electrons. The van der Waals surface area contributed by atoms with Crippen LogP contribution in [0.1, 0.15) is 28.2 Å². The van der Waals surface area contributed by atoms with Crippen LogP contribution in [0.4, 0.5) is 0 Å². The van der Waals surface area contributed by atoms with Crippen molar-refractivity contribution in [2.75, 3.05) is 19.6 Å². The lowest BCUT2D eigenvalue weighted by atomic mass is 9.84. The van der Waals surface area contributed by atoms with Crippen LogP contribution >= 0.6 is 11.3 Å². The Kier molecular flexibility index (Phi) is 4.24. The summed E-state index contributed by atoms with van der Waals surface area (Å²) in [5.74, 6) is 1.39. The Bertz CT molecular complexity index is 737. The molecule has 3 fully saturated rings. The lowest BCUT2D eigenvalue weighted by Crippen LogP contribution is -2.57. The zero-order valence-corrected chi connectivity index (χ0v) is 14.5. The van der Waals surface area contributed by atoms with Crippen molar-refractivity contribution in [3.63, 3.8) is 0 Å². The third kappa shape index (κ3) is 3.30. The van der Waals surface area contributed by atoms with E-state index in [-0.39, 0.29) is 11.9 Å². The van der Waals surface area contributed by atoms with Gasteiger partial charge in [0.15, 0.2) is 5.06 Å². The minimum absolute atomic E-state index is 0.0134. The summed E-state index contributed by atoms with van der Waals surface area (Å²) in [5.41, 5.74) is 0.907. The Labute approximate surface area is 145 Å². The molecule has 1 N–H and O–H groups in total. The highest BCUT2D eigenvalue weighted by Crippen LogP contribution is 2.31. The van der Waals surface area contributed by atoms with E-state index in [4.69, 9.17) is 4.74 Å². The first kappa shape index (κ1) is 15.6. The lowest BCUT2D eigenvalue weighted by Gasteiger charge is -2.44. The van der Waals surface area contributed by atoms with Crippen molar-refractivity contribution in [1.82, 2.24) is 15.2 Å². The molecule has 3 saturated heterocycles. The van der Waals surface area contributed by atoms with E-state index in [0.29, 0.717) is 10.8 Å². The Morgan fingerprint density at radius 3 is 2.88 bits per heavy atom. The molecule has 0 spiro atoms. The minimum atomic E-state index is 0.0134. The topological polar surface area (TPSA) is 54.5 Å². The highest BCUT2D eigenvalue weighted by Gasteiger charge is 2.35. The summed E-state index contributed by atoms with van der Waals surface area (Å²) in [7, 11) is 0. The number of nitrogens with zero attached hydrogens (tertiary/aromatic N) is 2. The number of aromatic nitrogens is 1. The summed E-state index contributed by atoms with van der Waals surface area (Å²) >= 11 is 1.38. The van der Waals surface area contributed by atoms with Crippen molar-refractivity contribution in [3.05, 3.63) is 41.0 Å². The van der Waals surface area contributed by atoms with Gasteiger partial charge in [-0.15, -0.1) is 0 Å². The molecule has 24 heavy (non-hydrogen) atoms. The second-order valence-electron chi connectivity index (χ2n) is 6.57. The average molecular weight is 343 g/mol. The summed E-state index contributed by atoms with van der Waals surface area (Å²) in [6.45, 7) is 5.27. The second-order valence-corrected chi connectivity index (χ2v) is 7.62. The zero-order valence-electron chi connectivity index (χ0n) is 13.7. The fourth-order valence-electron chi connectivity index (χ4n) is 3.56. The summed E-state index contributed by atoms with van der Waals surface area (Å²) in [5, 5.41) is 3.94. The van der Waals surface area contributed by atoms with Crippen LogP contribution in [0, 0.1) is 12.8 Å². The predicted octanol–water partition coefficient (Wildman–Crippen LogP) is 3.07. The van der Waals surface area contributed by atoms with Crippen molar-refractivity contribution in [2.24, 2.45) is 5.92 Å². The normalized spacial score (nSPS) is 25.5. The van der Waals surface area contributed by atoms with Gasteiger partial charge in [-0.05, 0) is 57.0 Å². The number of fused-ring (bicyclic) bond motifs is 3. The molecule has 3 aliphatic rings. The average Bonchev–Trinajstić information content (AvgIpc) is 3.05. The summed E-state index contributed by atoms with van der Waals surface area (Å²) in [4.78, 5) is 19.8. The molecule has 1 atom stereocenters. The predicted molar refractivity (Wildman–Crippen MR) is 93.8 cm³/mol. The Hall–Kier alpha value is -1.92. The smallest absolute Gasteiger partial charge is 0.261 e. The van der Waals surface area contributed by atoms with Crippen LogP contribution in [0.15, 0.2) is 30.5 Å². The summed E-state index contributed by atoms with van der Waals surface area (Å²) in [6, 6.07) is 7.68. The van der Waals surface area contributed by atoms with Crippen LogP contribution in [-0.4, -0.2) is 41.5 Å². The quantitative estimate of drug-likeness (QED) is 0.927. The fraction of sp³-hybridized carbons (Fsp3) is 0.444. The largest absolute Gasteiger partial charge is 0.447 e. The van der Waals surface area contributed by atoms with Gasteiger partial charge in [0.05, 0.1) is 4.88 Å². The van der Waals surface area contributed by atoms with Crippen LogP contribution in [0.2, 0.25) is 0 Å². The van der Waals surface area contributed by atoms with Gasteiger partial charge in [-0.1, -0.05) is 11.3 Å². The summed E-state index contributed by atoms with van der Waals surface area (Å²) in [6.07, 6.45) is 4.12. The number of nitrogens with one attached hydrogen (secondary N) is 1. The van der Waals surface area contributed by atoms with Gasteiger partial charge in [-0.3, -0.25) is 9.78 Å². The SMILES string of the molecule is Cc1cc(Oc2ccc(C(=O)N[C@H]3CN4CCC3CC4)s2)ccn1. The zero-order chi connectivity index (χ0) is 16.5. The monoisotopic (exact) mass is 343 g/mol. The molecule has 0 saturated carbocycles. The molecular formula is C18H21N3O2S. The Morgan fingerprint density at radius 2 is 2.17 bits per heavy atom. The maximum Gasteiger partial charge on any atom is 0.261 e.